The van der Waals surface area contributed by atoms with E-state index in [1.54, 1.807) is 0 Å². The van der Waals surface area contributed by atoms with Crippen LogP contribution in [0, 0.1) is 5.92 Å². The maximum absolute atomic E-state index is 13.4. The maximum atomic E-state index is 13.4. The average molecular weight is 442 g/mol. The Morgan fingerprint density at radius 1 is 1.12 bits per heavy atom. The van der Waals surface area contributed by atoms with E-state index in [-0.39, 0.29) is 11.4 Å². The molecule has 0 fully saturated rings. The second-order valence-corrected chi connectivity index (χ2v) is 9.88. The minimum Gasteiger partial charge on any atom is -0.336 e. The molecule has 1 unspecified atom stereocenters. The van der Waals surface area contributed by atoms with Gasteiger partial charge >= 0.3 is 0 Å². The van der Waals surface area contributed by atoms with E-state index in [1.807, 2.05) is 17.9 Å². The summed E-state index contributed by atoms with van der Waals surface area (Å²) in [6.07, 6.45) is 8.47. The zero-order valence-electron chi connectivity index (χ0n) is 21.7. The third-order valence-electron chi connectivity index (χ3n) is 5.80. The van der Waals surface area contributed by atoms with Crippen molar-refractivity contribution in [2.24, 2.45) is 10.9 Å². The number of carbonyl (C=O) groups excluding carboxylic acids is 1. The van der Waals surface area contributed by atoms with Gasteiger partial charge in [0.05, 0.1) is 0 Å². The number of hydrogen-bond acceptors (Lipinski definition) is 3. The van der Waals surface area contributed by atoms with E-state index in [0.29, 0.717) is 18.2 Å². The zero-order chi connectivity index (χ0) is 24.0. The highest BCUT2D eigenvalue weighted by Crippen LogP contribution is 2.14. The van der Waals surface area contributed by atoms with Crippen molar-refractivity contribution in [1.29, 1.82) is 0 Å². The lowest BCUT2D eigenvalue weighted by Crippen LogP contribution is -2.43. The summed E-state index contributed by atoms with van der Waals surface area (Å²) in [7, 11) is 0. The van der Waals surface area contributed by atoms with Gasteiger partial charge in [0.25, 0.3) is 5.91 Å². The minimum absolute atomic E-state index is 0.0366. The van der Waals surface area contributed by atoms with E-state index in [0.717, 1.165) is 44.5 Å². The molecule has 4 heteroatoms. The second kappa shape index (κ2) is 15.0. The summed E-state index contributed by atoms with van der Waals surface area (Å²) in [5.74, 6) is 0.449. The standard InChI is InChI=1S/C28H47N3O/c1-8-10-16-23(3)24(4)30-26(9-2)27(32)31(22-20-29-28(5,6)7)21-15-14-19-25-17-12-11-13-18-25/h9,11-13,17-18,23,29H,8,10,14-16,19-22H2,1-7H3/b26-9-,30-24+. The van der Waals surface area contributed by atoms with E-state index in [2.05, 4.69) is 77.2 Å². The summed E-state index contributed by atoms with van der Waals surface area (Å²) >= 11 is 0. The molecule has 4 nitrogen and oxygen atoms in total. The molecule has 0 saturated heterocycles. The largest absolute Gasteiger partial charge is 0.336 e. The van der Waals surface area contributed by atoms with Crippen molar-refractivity contribution in [3.8, 4) is 0 Å². The summed E-state index contributed by atoms with van der Waals surface area (Å²) in [5, 5.41) is 3.51. The van der Waals surface area contributed by atoms with Gasteiger partial charge in [-0.2, -0.15) is 0 Å². The van der Waals surface area contributed by atoms with Crippen molar-refractivity contribution >= 4 is 11.6 Å². The van der Waals surface area contributed by atoms with Gasteiger partial charge in [0.15, 0.2) is 0 Å². The topological polar surface area (TPSA) is 44.7 Å². The van der Waals surface area contributed by atoms with E-state index in [1.165, 1.54) is 18.4 Å². The maximum Gasteiger partial charge on any atom is 0.272 e. The molecule has 1 rings (SSSR count). The van der Waals surface area contributed by atoms with Crippen molar-refractivity contribution in [1.82, 2.24) is 10.2 Å². The monoisotopic (exact) mass is 441 g/mol. The van der Waals surface area contributed by atoms with Crippen LogP contribution >= 0.6 is 0 Å². The molecule has 0 aliphatic heterocycles. The Kier molecular flexibility index (Phi) is 13.2. The molecule has 1 aromatic rings. The lowest BCUT2D eigenvalue weighted by Gasteiger charge is -2.27. The normalized spacial score (nSPS) is 13.8. The molecular formula is C28H47N3O. The summed E-state index contributed by atoms with van der Waals surface area (Å²) in [6, 6.07) is 10.6. The highest BCUT2D eigenvalue weighted by Gasteiger charge is 2.19. The van der Waals surface area contributed by atoms with Gasteiger partial charge in [-0.25, -0.2) is 0 Å². The average Bonchev–Trinajstić information content (AvgIpc) is 2.76. The van der Waals surface area contributed by atoms with Gasteiger partial charge in [0, 0.05) is 30.9 Å². The molecule has 0 aliphatic rings. The van der Waals surface area contributed by atoms with Gasteiger partial charge in [-0.3, -0.25) is 9.79 Å². The third-order valence-corrected chi connectivity index (χ3v) is 5.80. The number of carbonyl (C=O) groups is 1. The molecule has 0 aromatic heterocycles. The van der Waals surface area contributed by atoms with Crippen LogP contribution in [-0.4, -0.2) is 41.7 Å². The van der Waals surface area contributed by atoms with Crippen molar-refractivity contribution < 1.29 is 4.79 Å². The smallest absolute Gasteiger partial charge is 0.272 e. The Morgan fingerprint density at radius 3 is 2.41 bits per heavy atom. The SMILES string of the molecule is C/C=C(\N=C(/C)C(C)CCCC)C(=O)N(CCCCc1ccccc1)CCNC(C)(C)C. The fraction of sp³-hybridized carbons (Fsp3) is 0.643. The fourth-order valence-corrected chi connectivity index (χ4v) is 3.57. The van der Waals surface area contributed by atoms with Crippen molar-refractivity contribution in [3.63, 3.8) is 0 Å². The Balaban J connectivity index is 2.79. The summed E-state index contributed by atoms with van der Waals surface area (Å²) in [6.45, 7) is 17.1. The first-order chi connectivity index (χ1) is 15.2. The highest BCUT2D eigenvalue weighted by atomic mass is 16.2. The number of allylic oxidation sites excluding steroid dienone is 1. The molecule has 1 N–H and O–H groups in total. The Morgan fingerprint density at radius 2 is 1.81 bits per heavy atom. The van der Waals surface area contributed by atoms with Crippen LogP contribution in [0.5, 0.6) is 0 Å². The van der Waals surface area contributed by atoms with Crippen LogP contribution in [-0.2, 0) is 11.2 Å². The first kappa shape index (κ1) is 28.1. The van der Waals surface area contributed by atoms with Crippen LogP contribution in [0.3, 0.4) is 0 Å². The van der Waals surface area contributed by atoms with E-state index >= 15 is 0 Å². The molecule has 0 heterocycles. The molecule has 180 valence electrons. The highest BCUT2D eigenvalue weighted by molar-refractivity contribution is 5.97. The number of nitrogens with zero attached hydrogens (tertiary/aromatic N) is 2. The predicted molar refractivity (Wildman–Crippen MR) is 139 cm³/mol. The summed E-state index contributed by atoms with van der Waals surface area (Å²) in [4.78, 5) is 20.1. The minimum atomic E-state index is 0.0366. The van der Waals surface area contributed by atoms with Crippen LogP contribution in [0.2, 0.25) is 0 Å². The molecular weight excluding hydrogens is 394 g/mol. The summed E-state index contributed by atoms with van der Waals surface area (Å²) in [5.41, 5.74) is 3.02. The molecule has 0 radical (unpaired) electrons. The van der Waals surface area contributed by atoms with Crippen LogP contribution in [0.15, 0.2) is 47.1 Å². The number of unbranched alkanes of at least 4 members (excludes halogenated alkanes) is 2. The van der Waals surface area contributed by atoms with Gasteiger partial charge in [0.2, 0.25) is 0 Å². The number of aliphatic imine (C=N–C) groups is 1. The number of hydrogen-bond donors (Lipinski definition) is 1. The van der Waals surface area contributed by atoms with Crippen LogP contribution in [0.25, 0.3) is 0 Å². The van der Waals surface area contributed by atoms with E-state index < -0.39 is 0 Å². The van der Waals surface area contributed by atoms with Crippen LogP contribution in [0.1, 0.15) is 86.1 Å². The number of benzene rings is 1. The quantitative estimate of drug-likeness (QED) is 0.206. The van der Waals surface area contributed by atoms with Crippen molar-refractivity contribution in [2.45, 2.75) is 92.5 Å². The van der Waals surface area contributed by atoms with Crippen molar-refractivity contribution in [3.05, 3.63) is 47.7 Å². The third kappa shape index (κ3) is 11.6. The molecule has 0 saturated carbocycles. The molecule has 0 spiro atoms. The molecule has 32 heavy (non-hydrogen) atoms. The Labute approximate surface area is 197 Å². The molecule has 0 bridgehead atoms. The van der Waals surface area contributed by atoms with Gasteiger partial charge in [-0.1, -0.05) is 63.1 Å². The van der Waals surface area contributed by atoms with E-state index in [9.17, 15) is 4.79 Å². The van der Waals surface area contributed by atoms with Gasteiger partial charge in [-0.05, 0) is 71.8 Å². The van der Waals surface area contributed by atoms with Gasteiger partial charge < -0.3 is 10.2 Å². The lowest BCUT2D eigenvalue weighted by atomic mass is 10.00. The Bertz CT molecular complexity index is 716. The predicted octanol–water partition coefficient (Wildman–Crippen LogP) is 6.42. The number of aryl methyl sites for hydroxylation is 1. The number of amides is 1. The first-order valence-electron chi connectivity index (χ1n) is 12.5. The van der Waals surface area contributed by atoms with Gasteiger partial charge in [-0.15, -0.1) is 0 Å². The molecule has 1 aromatic carbocycles. The lowest BCUT2D eigenvalue weighted by molar-refractivity contribution is -0.127. The van der Waals surface area contributed by atoms with Gasteiger partial charge in [0.1, 0.15) is 5.70 Å². The summed E-state index contributed by atoms with van der Waals surface area (Å²) < 4.78 is 0. The fourth-order valence-electron chi connectivity index (χ4n) is 3.57. The number of nitrogens with one attached hydrogen (secondary N) is 1. The molecule has 1 amide bonds. The van der Waals surface area contributed by atoms with E-state index in [4.69, 9.17) is 4.99 Å². The number of rotatable bonds is 14. The molecule has 0 aliphatic carbocycles. The van der Waals surface area contributed by atoms with Crippen molar-refractivity contribution in [2.75, 3.05) is 19.6 Å². The van der Waals surface area contributed by atoms with Crippen LogP contribution < -0.4 is 5.32 Å². The molecule has 1 atom stereocenters. The second-order valence-electron chi connectivity index (χ2n) is 9.88. The van der Waals surface area contributed by atoms with Crippen LogP contribution in [0.4, 0.5) is 0 Å². The Hall–Kier alpha value is -1.94. The zero-order valence-corrected chi connectivity index (χ0v) is 21.7. The first-order valence-corrected chi connectivity index (χ1v) is 12.5.